The summed E-state index contributed by atoms with van der Waals surface area (Å²) >= 11 is 0. The van der Waals surface area contributed by atoms with Crippen molar-refractivity contribution in [2.24, 2.45) is 17.8 Å². The fraction of sp³-hybridized carbons (Fsp3) is 0.679. The molecule has 0 radical (unpaired) electrons. The molecule has 4 heterocycles. The van der Waals surface area contributed by atoms with E-state index in [2.05, 4.69) is 20.9 Å². The Morgan fingerprint density at radius 1 is 1.23 bits per heavy atom. The maximum atomic E-state index is 15.1. The second-order valence-electron chi connectivity index (χ2n) is 11.7. The lowest BCUT2D eigenvalue weighted by atomic mass is 9.71. The van der Waals surface area contributed by atoms with Gasteiger partial charge in [-0.3, -0.25) is 19.4 Å². The van der Waals surface area contributed by atoms with Gasteiger partial charge in [0.1, 0.15) is 18.1 Å². The maximum Gasteiger partial charge on any atom is 0.255 e. The van der Waals surface area contributed by atoms with Crippen LogP contribution in [0.15, 0.2) is 18.5 Å². The number of aromatic nitrogens is 1. The number of hydrogen-bond donors (Lipinski definition) is 3. The highest BCUT2D eigenvalue weighted by molar-refractivity contribution is 5.92. The fourth-order valence-corrected chi connectivity index (χ4v) is 6.49. The van der Waals surface area contributed by atoms with E-state index in [9.17, 15) is 19.6 Å². The molecule has 210 valence electrons. The third-order valence-corrected chi connectivity index (χ3v) is 8.63. The van der Waals surface area contributed by atoms with E-state index in [0.29, 0.717) is 37.4 Å². The summed E-state index contributed by atoms with van der Waals surface area (Å²) in [6.07, 6.45) is 7.42. The number of carbonyl (C=O) groups excluding carboxylic acids is 3. The Morgan fingerprint density at radius 3 is 2.69 bits per heavy atom. The largest absolute Gasteiger partial charge is 0.372 e. The third kappa shape index (κ3) is 5.99. The summed E-state index contributed by atoms with van der Waals surface area (Å²) in [7, 11) is 0. The van der Waals surface area contributed by atoms with Crippen LogP contribution in [-0.4, -0.2) is 64.2 Å². The first-order valence-corrected chi connectivity index (χ1v) is 14.0. The fourth-order valence-electron chi connectivity index (χ4n) is 6.49. The van der Waals surface area contributed by atoms with Gasteiger partial charge in [0, 0.05) is 37.3 Å². The zero-order valence-electron chi connectivity index (χ0n) is 22.2. The molecule has 3 aliphatic heterocycles. The molecule has 6 atom stereocenters. The van der Waals surface area contributed by atoms with Crippen molar-refractivity contribution >= 4 is 23.4 Å². The van der Waals surface area contributed by atoms with Crippen LogP contribution in [0.1, 0.15) is 63.4 Å². The normalized spacial score (nSPS) is 29.1. The van der Waals surface area contributed by atoms with Gasteiger partial charge in [-0.1, -0.05) is 12.8 Å². The average molecular weight is 543 g/mol. The molecule has 3 amide bonds. The highest BCUT2D eigenvalue weighted by Gasteiger charge is 2.61. The first-order valence-electron chi connectivity index (χ1n) is 14.0. The van der Waals surface area contributed by atoms with Crippen molar-refractivity contribution in [2.75, 3.05) is 11.9 Å². The van der Waals surface area contributed by atoms with Crippen LogP contribution < -0.4 is 16.0 Å². The second-order valence-corrected chi connectivity index (χ2v) is 11.7. The minimum Gasteiger partial charge on any atom is -0.372 e. The lowest BCUT2D eigenvalue weighted by Crippen LogP contribution is -2.70. The number of hydrogen-bond acceptors (Lipinski definition) is 6. The summed E-state index contributed by atoms with van der Waals surface area (Å²) in [5.41, 5.74) is 1.58. The number of nitriles is 1. The van der Waals surface area contributed by atoms with Gasteiger partial charge in [-0.05, 0) is 63.0 Å². The summed E-state index contributed by atoms with van der Waals surface area (Å²) < 4.78 is 30.3. The van der Waals surface area contributed by atoms with Crippen molar-refractivity contribution in [3.05, 3.63) is 24.0 Å². The van der Waals surface area contributed by atoms with Gasteiger partial charge in [-0.25, -0.2) is 8.78 Å². The number of alkyl halides is 2. The number of rotatable bonds is 9. The van der Waals surface area contributed by atoms with Gasteiger partial charge in [-0.15, -0.1) is 0 Å². The molecule has 39 heavy (non-hydrogen) atoms. The Balaban J connectivity index is 1.38. The number of halogens is 2. The first-order chi connectivity index (χ1) is 18.7. The van der Waals surface area contributed by atoms with Crippen LogP contribution in [0.2, 0.25) is 0 Å². The van der Waals surface area contributed by atoms with Crippen molar-refractivity contribution in [1.29, 1.82) is 5.26 Å². The van der Waals surface area contributed by atoms with Gasteiger partial charge in [0.05, 0.1) is 17.7 Å². The maximum absolute atomic E-state index is 15.1. The van der Waals surface area contributed by atoms with Gasteiger partial charge in [0.15, 0.2) is 0 Å². The molecule has 9 nitrogen and oxygen atoms in total. The minimum absolute atomic E-state index is 0.103. The molecule has 5 fully saturated rings. The minimum atomic E-state index is -3.09. The third-order valence-electron chi connectivity index (χ3n) is 8.63. The predicted octanol–water partition coefficient (Wildman–Crippen LogP) is 2.91. The van der Waals surface area contributed by atoms with E-state index >= 15 is 8.78 Å². The molecule has 3 N–H and O–H groups in total. The Morgan fingerprint density at radius 2 is 2.03 bits per heavy atom. The van der Waals surface area contributed by atoms with Crippen molar-refractivity contribution in [3.63, 3.8) is 0 Å². The Kier molecular flexibility index (Phi) is 7.74. The number of carbonyl (C=O) groups is 3. The lowest BCUT2D eigenvalue weighted by Gasteiger charge is -2.54. The topological polar surface area (TPSA) is 127 Å². The molecule has 2 bridgehead atoms. The van der Waals surface area contributed by atoms with E-state index in [0.717, 1.165) is 24.8 Å². The summed E-state index contributed by atoms with van der Waals surface area (Å²) in [4.78, 5) is 45.5. The van der Waals surface area contributed by atoms with Crippen molar-refractivity contribution in [3.8, 4) is 6.07 Å². The summed E-state index contributed by atoms with van der Waals surface area (Å²) in [5.74, 6) is -5.77. The molecule has 1 aromatic rings. The molecule has 2 saturated carbocycles. The van der Waals surface area contributed by atoms with Crippen molar-refractivity contribution in [1.82, 2.24) is 20.5 Å². The Labute approximate surface area is 227 Å². The number of anilines is 1. The molecular weight excluding hydrogens is 506 g/mol. The van der Waals surface area contributed by atoms with Crippen LogP contribution in [0.3, 0.4) is 0 Å². The molecule has 3 saturated heterocycles. The molecule has 0 aromatic carbocycles. The molecule has 6 rings (SSSR count). The number of aryl methyl sites for hydroxylation is 1. The van der Waals surface area contributed by atoms with E-state index in [1.807, 2.05) is 19.1 Å². The number of nitrogens with one attached hydrogen (secondary N) is 3. The van der Waals surface area contributed by atoms with E-state index < -0.39 is 54.3 Å². The predicted molar refractivity (Wildman–Crippen MR) is 138 cm³/mol. The summed E-state index contributed by atoms with van der Waals surface area (Å²) in [6, 6.07) is 0.0543. The van der Waals surface area contributed by atoms with Crippen LogP contribution >= 0.6 is 0 Å². The van der Waals surface area contributed by atoms with Gasteiger partial charge >= 0.3 is 0 Å². The molecule has 2 aliphatic carbocycles. The average Bonchev–Trinajstić information content (AvgIpc) is 3.72. The number of pyridine rings is 1. The zero-order chi connectivity index (χ0) is 27.7. The molecule has 5 aliphatic rings. The summed E-state index contributed by atoms with van der Waals surface area (Å²) in [6.45, 7) is 2.47. The molecule has 1 aromatic heterocycles. The Hall–Kier alpha value is -3.29. The SMILES string of the molecule is Cc1cncc(N[C@H](CC2CC2)C(=O)N2[C@@H]3CC[C@H]([C@@H]2C(=O)N[C@H](C#N)C[C@@H]2CCCNC2=O)C(F)(F)C3)c1. The highest BCUT2D eigenvalue weighted by atomic mass is 19.3. The standard InChI is InChI=1S/C28H36F2N6O3/c1-16-9-20(15-32-14-16)34-23(10-17-4-5-17)27(39)36-21-6-7-22(28(29,30)12-21)24(36)26(38)35-19(13-31)11-18-3-2-8-33-25(18)37/h9,14-15,17-19,21-24,34H,2-8,10-12H2,1H3,(H,33,37)(H,35,38)/t18-,19-,21+,22+,23+,24+/m0/s1. The van der Waals surface area contributed by atoms with Gasteiger partial charge in [-0.2, -0.15) is 5.26 Å². The molecule has 11 heteroatoms. The van der Waals surface area contributed by atoms with Gasteiger partial charge < -0.3 is 20.9 Å². The quantitative estimate of drug-likeness (QED) is 0.440. The van der Waals surface area contributed by atoms with E-state index in [1.165, 1.54) is 4.90 Å². The number of piperidine rings is 3. The Bertz CT molecular complexity index is 1150. The molecule has 0 spiro atoms. The lowest BCUT2D eigenvalue weighted by molar-refractivity contribution is -0.194. The van der Waals surface area contributed by atoms with Crippen LogP contribution in [0.4, 0.5) is 14.5 Å². The van der Waals surface area contributed by atoms with Crippen LogP contribution in [0, 0.1) is 36.0 Å². The van der Waals surface area contributed by atoms with Gasteiger partial charge in [0.25, 0.3) is 5.92 Å². The van der Waals surface area contributed by atoms with E-state index in [1.54, 1.807) is 12.4 Å². The van der Waals surface area contributed by atoms with Crippen LogP contribution in [0.5, 0.6) is 0 Å². The van der Waals surface area contributed by atoms with Gasteiger partial charge in [0.2, 0.25) is 17.7 Å². The number of amides is 3. The van der Waals surface area contributed by atoms with Crippen LogP contribution in [0.25, 0.3) is 0 Å². The van der Waals surface area contributed by atoms with Crippen molar-refractivity contribution < 1.29 is 23.2 Å². The molecular formula is C28H36F2N6O3. The number of nitrogens with zero attached hydrogens (tertiary/aromatic N) is 3. The molecule has 0 unspecified atom stereocenters. The van der Waals surface area contributed by atoms with Crippen LogP contribution in [-0.2, 0) is 14.4 Å². The smallest absolute Gasteiger partial charge is 0.255 e. The van der Waals surface area contributed by atoms with Crippen molar-refractivity contribution in [2.45, 2.75) is 94.8 Å². The van der Waals surface area contributed by atoms with E-state index in [-0.39, 0.29) is 24.7 Å². The van der Waals surface area contributed by atoms with E-state index in [4.69, 9.17) is 0 Å². The monoisotopic (exact) mass is 542 g/mol. The number of fused-ring (bicyclic) bond motifs is 3. The highest BCUT2D eigenvalue weighted by Crippen LogP contribution is 2.49. The second kappa shape index (κ2) is 11.1. The summed E-state index contributed by atoms with van der Waals surface area (Å²) in [5, 5.41) is 18.4. The first kappa shape index (κ1) is 27.3. The zero-order valence-corrected chi connectivity index (χ0v) is 22.2.